The highest BCUT2D eigenvalue weighted by atomic mass is 32.2. The SMILES string of the molecule is CCCS(=O)(=O)NCCn1ccnc1. The maximum Gasteiger partial charge on any atom is 0.211 e. The summed E-state index contributed by atoms with van der Waals surface area (Å²) < 4.78 is 26.8. The van der Waals surface area contributed by atoms with E-state index in [4.69, 9.17) is 0 Å². The van der Waals surface area contributed by atoms with Crippen molar-refractivity contribution < 1.29 is 8.42 Å². The highest BCUT2D eigenvalue weighted by molar-refractivity contribution is 7.89. The number of imidazole rings is 1. The molecule has 0 amide bonds. The summed E-state index contributed by atoms with van der Waals surface area (Å²) in [5, 5.41) is 0. The summed E-state index contributed by atoms with van der Waals surface area (Å²) in [5.41, 5.74) is 0. The van der Waals surface area contributed by atoms with Crippen LogP contribution in [0.5, 0.6) is 0 Å². The van der Waals surface area contributed by atoms with Crippen LogP contribution in [0.2, 0.25) is 0 Å². The third kappa shape index (κ3) is 3.89. The van der Waals surface area contributed by atoms with Crippen LogP contribution in [-0.2, 0) is 16.6 Å². The van der Waals surface area contributed by atoms with E-state index < -0.39 is 10.0 Å². The molecule has 1 N–H and O–H groups in total. The van der Waals surface area contributed by atoms with Crippen LogP contribution in [0.4, 0.5) is 0 Å². The van der Waals surface area contributed by atoms with E-state index in [0.29, 0.717) is 19.5 Å². The molecule has 0 fully saturated rings. The normalized spacial score (nSPS) is 11.8. The van der Waals surface area contributed by atoms with E-state index in [9.17, 15) is 8.42 Å². The summed E-state index contributed by atoms with van der Waals surface area (Å²) in [6.07, 6.45) is 5.77. The van der Waals surface area contributed by atoms with Gasteiger partial charge in [0.1, 0.15) is 0 Å². The second-order valence-electron chi connectivity index (χ2n) is 3.01. The Kier molecular flexibility index (Phi) is 4.09. The zero-order valence-corrected chi connectivity index (χ0v) is 9.00. The van der Waals surface area contributed by atoms with Crippen molar-refractivity contribution in [3.8, 4) is 0 Å². The first-order valence-corrected chi connectivity index (χ1v) is 6.22. The fourth-order valence-electron chi connectivity index (χ4n) is 1.09. The van der Waals surface area contributed by atoms with Gasteiger partial charge in [0.15, 0.2) is 0 Å². The average Bonchev–Trinajstić information content (AvgIpc) is 2.56. The lowest BCUT2D eigenvalue weighted by Crippen LogP contribution is -2.29. The Balaban J connectivity index is 2.28. The lowest BCUT2D eigenvalue weighted by atomic mass is 10.6. The second kappa shape index (κ2) is 5.11. The maximum atomic E-state index is 11.2. The lowest BCUT2D eigenvalue weighted by molar-refractivity contribution is 0.571. The Hall–Kier alpha value is -0.880. The minimum atomic E-state index is -3.07. The van der Waals surface area contributed by atoms with Crippen molar-refractivity contribution in [2.75, 3.05) is 12.3 Å². The first-order chi connectivity index (χ1) is 6.64. The zero-order chi connectivity index (χ0) is 10.4. The molecule has 0 aromatic carbocycles. The average molecular weight is 217 g/mol. The van der Waals surface area contributed by atoms with Crippen molar-refractivity contribution in [1.29, 1.82) is 0 Å². The van der Waals surface area contributed by atoms with Crippen LogP contribution in [0.3, 0.4) is 0 Å². The molecule has 0 spiro atoms. The summed E-state index contributed by atoms with van der Waals surface area (Å²) in [6.45, 7) is 2.87. The minimum absolute atomic E-state index is 0.191. The monoisotopic (exact) mass is 217 g/mol. The van der Waals surface area contributed by atoms with E-state index in [1.807, 2.05) is 11.5 Å². The molecule has 1 aromatic heterocycles. The largest absolute Gasteiger partial charge is 0.336 e. The van der Waals surface area contributed by atoms with Gasteiger partial charge in [-0.15, -0.1) is 0 Å². The number of nitrogens with one attached hydrogen (secondary N) is 1. The lowest BCUT2D eigenvalue weighted by Gasteiger charge is -2.05. The minimum Gasteiger partial charge on any atom is -0.336 e. The van der Waals surface area contributed by atoms with Gasteiger partial charge in [-0.3, -0.25) is 0 Å². The molecule has 0 radical (unpaired) electrons. The Morgan fingerprint density at radius 2 is 2.29 bits per heavy atom. The third-order valence-corrected chi connectivity index (χ3v) is 3.31. The van der Waals surface area contributed by atoms with Crippen LogP contribution in [0, 0.1) is 0 Å². The van der Waals surface area contributed by atoms with Gasteiger partial charge in [-0.1, -0.05) is 6.92 Å². The summed E-state index contributed by atoms with van der Waals surface area (Å²) in [4.78, 5) is 3.86. The van der Waals surface area contributed by atoms with Crippen molar-refractivity contribution >= 4 is 10.0 Å². The molecule has 1 aromatic rings. The van der Waals surface area contributed by atoms with Gasteiger partial charge < -0.3 is 4.57 Å². The molecule has 0 unspecified atom stereocenters. The van der Waals surface area contributed by atoms with Crippen LogP contribution in [0.15, 0.2) is 18.7 Å². The van der Waals surface area contributed by atoms with Crippen LogP contribution in [0.1, 0.15) is 13.3 Å². The summed E-state index contributed by atoms with van der Waals surface area (Å²) >= 11 is 0. The second-order valence-corrected chi connectivity index (χ2v) is 4.94. The topological polar surface area (TPSA) is 64.0 Å². The molecule has 0 saturated heterocycles. The summed E-state index contributed by atoms with van der Waals surface area (Å²) in [6, 6.07) is 0. The molecule has 0 bridgehead atoms. The van der Waals surface area contributed by atoms with E-state index in [1.54, 1.807) is 18.7 Å². The van der Waals surface area contributed by atoms with Crippen molar-refractivity contribution in [3.63, 3.8) is 0 Å². The van der Waals surface area contributed by atoms with E-state index in [2.05, 4.69) is 9.71 Å². The van der Waals surface area contributed by atoms with Gasteiger partial charge >= 0.3 is 0 Å². The highest BCUT2D eigenvalue weighted by Crippen LogP contribution is 1.89. The van der Waals surface area contributed by atoms with E-state index >= 15 is 0 Å². The summed E-state index contributed by atoms with van der Waals surface area (Å²) in [7, 11) is -3.07. The van der Waals surface area contributed by atoms with Gasteiger partial charge in [0, 0.05) is 25.5 Å². The van der Waals surface area contributed by atoms with Crippen molar-refractivity contribution in [3.05, 3.63) is 18.7 Å². The van der Waals surface area contributed by atoms with Crippen LogP contribution >= 0.6 is 0 Å². The number of sulfonamides is 1. The van der Waals surface area contributed by atoms with Crippen LogP contribution in [-0.4, -0.2) is 30.3 Å². The highest BCUT2D eigenvalue weighted by Gasteiger charge is 2.06. The number of nitrogens with zero attached hydrogens (tertiary/aromatic N) is 2. The van der Waals surface area contributed by atoms with Gasteiger partial charge in [0.25, 0.3) is 0 Å². The van der Waals surface area contributed by atoms with Gasteiger partial charge in [0.2, 0.25) is 10.0 Å². The fraction of sp³-hybridized carbons (Fsp3) is 0.625. The predicted octanol–water partition coefficient (Wildman–Crippen LogP) is 0.212. The zero-order valence-electron chi connectivity index (χ0n) is 8.18. The van der Waals surface area contributed by atoms with Crippen LogP contribution in [0.25, 0.3) is 0 Å². The molecule has 0 aliphatic rings. The molecular formula is C8H15N3O2S. The smallest absolute Gasteiger partial charge is 0.211 e. The Bertz CT molecular complexity index is 345. The third-order valence-electron chi connectivity index (χ3n) is 1.72. The molecule has 0 aliphatic carbocycles. The first-order valence-electron chi connectivity index (χ1n) is 4.57. The Morgan fingerprint density at radius 1 is 1.50 bits per heavy atom. The molecule has 1 rings (SSSR count). The molecular weight excluding hydrogens is 202 g/mol. The molecule has 80 valence electrons. The quantitative estimate of drug-likeness (QED) is 0.741. The predicted molar refractivity (Wildman–Crippen MR) is 54.3 cm³/mol. The Labute approximate surface area is 84.2 Å². The first kappa shape index (κ1) is 11.2. The number of rotatable bonds is 6. The van der Waals surface area contributed by atoms with Crippen LogP contribution < -0.4 is 4.72 Å². The molecule has 5 nitrogen and oxygen atoms in total. The van der Waals surface area contributed by atoms with E-state index in [0.717, 1.165) is 0 Å². The number of aromatic nitrogens is 2. The van der Waals surface area contributed by atoms with Crippen molar-refractivity contribution in [2.24, 2.45) is 0 Å². The Morgan fingerprint density at radius 3 is 2.86 bits per heavy atom. The summed E-state index contributed by atoms with van der Waals surface area (Å²) in [5.74, 6) is 0.191. The molecule has 6 heteroatoms. The molecule has 14 heavy (non-hydrogen) atoms. The van der Waals surface area contributed by atoms with E-state index in [-0.39, 0.29) is 5.75 Å². The van der Waals surface area contributed by atoms with Crippen molar-refractivity contribution in [1.82, 2.24) is 14.3 Å². The molecule has 1 heterocycles. The van der Waals surface area contributed by atoms with Gasteiger partial charge in [0.05, 0.1) is 12.1 Å². The fourth-order valence-corrected chi connectivity index (χ4v) is 2.17. The van der Waals surface area contributed by atoms with Gasteiger partial charge in [-0.25, -0.2) is 18.1 Å². The van der Waals surface area contributed by atoms with Crippen molar-refractivity contribution in [2.45, 2.75) is 19.9 Å². The maximum absolute atomic E-state index is 11.2. The number of hydrogen-bond acceptors (Lipinski definition) is 3. The van der Waals surface area contributed by atoms with Gasteiger partial charge in [-0.05, 0) is 6.42 Å². The van der Waals surface area contributed by atoms with Gasteiger partial charge in [-0.2, -0.15) is 0 Å². The number of hydrogen-bond donors (Lipinski definition) is 1. The molecule has 0 aliphatic heterocycles. The molecule has 0 saturated carbocycles. The molecule has 0 atom stereocenters. The standard InChI is InChI=1S/C8H15N3O2S/c1-2-7-14(12,13)10-4-6-11-5-3-9-8-11/h3,5,8,10H,2,4,6-7H2,1H3. The van der Waals surface area contributed by atoms with E-state index in [1.165, 1.54) is 0 Å².